The average Bonchev–Trinajstić information content (AvgIpc) is 2.37. The molecule has 0 amide bonds. The number of alkyl halides is 3. The van der Waals surface area contributed by atoms with Gasteiger partial charge in [0.1, 0.15) is 0 Å². The van der Waals surface area contributed by atoms with Crippen LogP contribution in [-0.2, 0) is 12.6 Å². The minimum absolute atomic E-state index is 0. The third-order valence-corrected chi connectivity index (χ3v) is 3.54. The van der Waals surface area contributed by atoms with E-state index in [1.807, 2.05) is 0 Å². The molecular formula is C14H19ClF3N. The van der Waals surface area contributed by atoms with Crippen LogP contribution in [0.4, 0.5) is 13.2 Å². The van der Waals surface area contributed by atoms with Gasteiger partial charge in [-0.25, -0.2) is 0 Å². The molecule has 1 heterocycles. The molecule has 1 unspecified atom stereocenters. The van der Waals surface area contributed by atoms with Crippen LogP contribution in [0.5, 0.6) is 0 Å². The Hall–Kier alpha value is -0.740. The van der Waals surface area contributed by atoms with Crippen LogP contribution in [0.1, 0.15) is 30.4 Å². The lowest BCUT2D eigenvalue weighted by atomic mass is 9.91. The summed E-state index contributed by atoms with van der Waals surface area (Å²) >= 11 is 0. The van der Waals surface area contributed by atoms with Gasteiger partial charge in [0.25, 0.3) is 0 Å². The molecular weight excluding hydrogens is 275 g/mol. The lowest BCUT2D eigenvalue weighted by Crippen LogP contribution is -2.30. The Kier molecular flexibility index (Phi) is 6.14. The monoisotopic (exact) mass is 293 g/mol. The van der Waals surface area contributed by atoms with Gasteiger partial charge in [-0.05, 0) is 56.3 Å². The van der Waals surface area contributed by atoms with Gasteiger partial charge in [0, 0.05) is 0 Å². The van der Waals surface area contributed by atoms with Crippen LogP contribution >= 0.6 is 12.4 Å². The molecule has 1 fully saturated rings. The maximum absolute atomic E-state index is 12.8. The molecule has 1 aromatic rings. The van der Waals surface area contributed by atoms with Crippen LogP contribution in [0.25, 0.3) is 0 Å². The standard InChI is InChI=1S/C14H18F3N.ClH/c15-14(16,17)13-6-2-1-5-12(13)8-7-11-4-3-9-18-10-11;/h1-2,5-6,11,18H,3-4,7-10H2;1H. The van der Waals surface area contributed by atoms with Gasteiger partial charge in [0.05, 0.1) is 5.56 Å². The Bertz CT molecular complexity index is 387. The minimum atomic E-state index is -4.23. The van der Waals surface area contributed by atoms with Crippen LogP contribution in [0.2, 0.25) is 0 Å². The Morgan fingerprint density at radius 1 is 1.21 bits per heavy atom. The second kappa shape index (κ2) is 7.15. The first-order valence-corrected chi connectivity index (χ1v) is 6.43. The van der Waals surface area contributed by atoms with Gasteiger partial charge < -0.3 is 5.32 Å². The Balaban J connectivity index is 0.00000180. The third kappa shape index (κ3) is 4.69. The lowest BCUT2D eigenvalue weighted by molar-refractivity contribution is -0.138. The molecule has 1 aliphatic rings. The van der Waals surface area contributed by atoms with Crippen molar-refractivity contribution in [3.8, 4) is 0 Å². The van der Waals surface area contributed by atoms with Gasteiger partial charge in [-0.1, -0.05) is 18.2 Å². The zero-order valence-electron chi connectivity index (χ0n) is 10.7. The van der Waals surface area contributed by atoms with Crippen LogP contribution in [0.15, 0.2) is 24.3 Å². The second-order valence-electron chi connectivity index (χ2n) is 4.91. The van der Waals surface area contributed by atoms with Gasteiger partial charge >= 0.3 is 6.18 Å². The number of hydrogen-bond donors (Lipinski definition) is 1. The molecule has 1 N–H and O–H groups in total. The number of piperidine rings is 1. The summed E-state index contributed by atoms with van der Waals surface area (Å²) in [5.74, 6) is 0.514. The normalized spacial score (nSPS) is 19.8. The summed E-state index contributed by atoms with van der Waals surface area (Å²) < 4.78 is 38.4. The second-order valence-corrected chi connectivity index (χ2v) is 4.91. The largest absolute Gasteiger partial charge is 0.416 e. The number of halogens is 4. The fourth-order valence-electron chi connectivity index (χ4n) is 2.54. The highest BCUT2D eigenvalue weighted by atomic mass is 35.5. The van der Waals surface area contributed by atoms with Crippen molar-refractivity contribution >= 4 is 12.4 Å². The van der Waals surface area contributed by atoms with E-state index in [1.165, 1.54) is 12.1 Å². The van der Waals surface area contributed by atoms with E-state index in [-0.39, 0.29) is 12.4 Å². The predicted molar refractivity (Wildman–Crippen MR) is 72.6 cm³/mol. The summed E-state index contributed by atoms with van der Waals surface area (Å²) in [6.45, 7) is 1.98. The lowest BCUT2D eigenvalue weighted by Gasteiger charge is -2.23. The summed E-state index contributed by atoms with van der Waals surface area (Å²) in [7, 11) is 0. The van der Waals surface area contributed by atoms with Crippen molar-refractivity contribution in [2.24, 2.45) is 5.92 Å². The van der Waals surface area contributed by atoms with Crippen molar-refractivity contribution in [1.82, 2.24) is 5.32 Å². The number of rotatable bonds is 3. The molecule has 0 bridgehead atoms. The van der Waals surface area contributed by atoms with E-state index in [0.717, 1.165) is 32.4 Å². The molecule has 0 saturated carbocycles. The molecule has 1 nitrogen and oxygen atoms in total. The van der Waals surface area contributed by atoms with Gasteiger partial charge in [-0.2, -0.15) is 13.2 Å². The van der Waals surface area contributed by atoms with E-state index >= 15 is 0 Å². The van der Waals surface area contributed by atoms with Crippen molar-refractivity contribution in [1.29, 1.82) is 0 Å². The first kappa shape index (κ1) is 16.3. The van der Waals surface area contributed by atoms with E-state index < -0.39 is 11.7 Å². The Labute approximate surface area is 118 Å². The van der Waals surface area contributed by atoms with Crippen molar-refractivity contribution < 1.29 is 13.2 Å². The van der Waals surface area contributed by atoms with Crippen LogP contribution in [-0.4, -0.2) is 13.1 Å². The van der Waals surface area contributed by atoms with Crippen molar-refractivity contribution in [3.05, 3.63) is 35.4 Å². The fourth-order valence-corrected chi connectivity index (χ4v) is 2.54. The molecule has 0 radical (unpaired) electrons. The first-order valence-electron chi connectivity index (χ1n) is 6.43. The van der Waals surface area contributed by atoms with Crippen LogP contribution < -0.4 is 5.32 Å². The quantitative estimate of drug-likeness (QED) is 0.886. The van der Waals surface area contributed by atoms with Gasteiger partial charge in [0.2, 0.25) is 0 Å². The first-order chi connectivity index (χ1) is 8.57. The summed E-state index contributed by atoms with van der Waals surface area (Å²) in [4.78, 5) is 0. The molecule has 5 heteroatoms. The maximum atomic E-state index is 12.8. The van der Waals surface area contributed by atoms with Gasteiger partial charge in [-0.15, -0.1) is 12.4 Å². The van der Waals surface area contributed by atoms with E-state index in [0.29, 0.717) is 17.9 Å². The van der Waals surface area contributed by atoms with Crippen molar-refractivity contribution in [3.63, 3.8) is 0 Å². The SMILES string of the molecule is Cl.FC(F)(F)c1ccccc1CCC1CCCNC1. The van der Waals surface area contributed by atoms with Crippen LogP contribution in [0, 0.1) is 5.92 Å². The fraction of sp³-hybridized carbons (Fsp3) is 0.571. The highest BCUT2D eigenvalue weighted by Gasteiger charge is 2.32. The third-order valence-electron chi connectivity index (χ3n) is 3.54. The molecule has 108 valence electrons. The van der Waals surface area contributed by atoms with E-state index in [1.54, 1.807) is 12.1 Å². The Morgan fingerprint density at radius 2 is 1.95 bits per heavy atom. The number of aryl methyl sites for hydroxylation is 1. The van der Waals surface area contributed by atoms with E-state index in [4.69, 9.17) is 0 Å². The number of benzene rings is 1. The summed E-state index contributed by atoms with van der Waals surface area (Å²) in [6, 6.07) is 5.91. The smallest absolute Gasteiger partial charge is 0.316 e. The zero-order valence-corrected chi connectivity index (χ0v) is 11.5. The molecule has 19 heavy (non-hydrogen) atoms. The van der Waals surface area contributed by atoms with Crippen molar-refractivity contribution in [2.45, 2.75) is 31.9 Å². The average molecular weight is 294 g/mol. The zero-order chi connectivity index (χ0) is 13.0. The Morgan fingerprint density at radius 3 is 2.58 bits per heavy atom. The van der Waals surface area contributed by atoms with Gasteiger partial charge in [-0.3, -0.25) is 0 Å². The molecule has 1 aliphatic heterocycles. The topological polar surface area (TPSA) is 12.0 Å². The molecule has 1 atom stereocenters. The molecule has 0 aliphatic carbocycles. The molecule has 0 spiro atoms. The number of nitrogens with one attached hydrogen (secondary N) is 1. The minimum Gasteiger partial charge on any atom is -0.316 e. The molecule has 0 aromatic heterocycles. The highest BCUT2D eigenvalue weighted by molar-refractivity contribution is 5.85. The summed E-state index contributed by atoms with van der Waals surface area (Å²) in [6.07, 6.45) is -0.629. The predicted octanol–water partition coefficient (Wildman–Crippen LogP) is 4.06. The van der Waals surface area contributed by atoms with Crippen molar-refractivity contribution in [2.75, 3.05) is 13.1 Å². The van der Waals surface area contributed by atoms with Gasteiger partial charge in [0.15, 0.2) is 0 Å². The maximum Gasteiger partial charge on any atom is 0.416 e. The summed E-state index contributed by atoms with van der Waals surface area (Å²) in [5.41, 5.74) is -0.0515. The van der Waals surface area contributed by atoms with Crippen LogP contribution in [0.3, 0.4) is 0 Å². The number of hydrogen-bond acceptors (Lipinski definition) is 1. The van der Waals surface area contributed by atoms with E-state index in [9.17, 15) is 13.2 Å². The summed E-state index contributed by atoms with van der Waals surface area (Å²) in [5, 5.41) is 3.29. The van der Waals surface area contributed by atoms with E-state index in [2.05, 4.69) is 5.32 Å². The molecule has 1 saturated heterocycles. The molecule has 1 aromatic carbocycles. The molecule has 2 rings (SSSR count). The highest BCUT2D eigenvalue weighted by Crippen LogP contribution is 2.33.